The first-order valence-electron chi connectivity index (χ1n) is 5.12. The fourth-order valence-electron chi connectivity index (χ4n) is 1.50. The zero-order chi connectivity index (χ0) is 12.3. The van der Waals surface area contributed by atoms with E-state index in [4.69, 9.17) is 0 Å². The molecule has 0 bridgehead atoms. The fourth-order valence-corrected chi connectivity index (χ4v) is 1.50. The lowest BCUT2D eigenvalue weighted by molar-refractivity contribution is -0.613. The highest BCUT2D eigenvalue weighted by Gasteiger charge is 2.12. The van der Waals surface area contributed by atoms with E-state index in [1.165, 1.54) is 30.5 Å². The van der Waals surface area contributed by atoms with E-state index < -0.39 is 0 Å². The van der Waals surface area contributed by atoms with E-state index >= 15 is 0 Å². The van der Waals surface area contributed by atoms with Crippen molar-refractivity contribution in [1.82, 2.24) is 0 Å². The second kappa shape index (κ2) is 4.74. The Morgan fingerprint density at radius 2 is 1.88 bits per heavy atom. The van der Waals surface area contributed by atoms with Gasteiger partial charge in [-0.05, 0) is 30.3 Å². The van der Waals surface area contributed by atoms with E-state index in [0.717, 1.165) is 0 Å². The average molecular weight is 231 g/mol. The molecule has 86 valence electrons. The number of carbonyl (C=O) groups excluding carboxylic acids is 1. The summed E-state index contributed by atoms with van der Waals surface area (Å²) < 4.78 is 13.3. The molecule has 1 aromatic heterocycles. The minimum Gasteiger partial charge on any atom is -0.618 e. The van der Waals surface area contributed by atoms with Crippen LogP contribution in [-0.2, 0) is 6.42 Å². The molecule has 0 saturated carbocycles. The molecule has 0 unspecified atom stereocenters. The van der Waals surface area contributed by atoms with Crippen LogP contribution in [0.1, 0.15) is 16.1 Å². The number of carbonyl (C=O) groups is 1. The Balaban J connectivity index is 2.17. The number of nitrogens with zero attached hydrogens (tertiary/aromatic N) is 1. The summed E-state index contributed by atoms with van der Waals surface area (Å²) in [4.78, 5) is 11.8. The molecule has 0 saturated heterocycles. The quantitative estimate of drug-likeness (QED) is 0.460. The van der Waals surface area contributed by atoms with Crippen molar-refractivity contribution >= 4 is 5.78 Å². The highest BCUT2D eigenvalue weighted by molar-refractivity contribution is 5.97. The third-order valence-electron chi connectivity index (χ3n) is 2.41. The van der Waals surface area contributed by atoms with Crippen molar-refractivity contribution in [3.8, 4) is 0 Å². The highest BCUT2D eigenvalue weighted by Crippen LogP contribution is 2.06. The number of hydrogen-bond acceptors (Lipinski definition) is 2. The molecule has 0 atom stereocenters. The van der Waals surface area contributed by atoms with Gasteiger partial charge in [-0.3, -0.25) is 4.79 Å². The summed E-state index contributed by atoms with van der Waals surface area (Å²) in [5.74, 6) is -0.596. The monoisotopic (exact) mass is 231 g/mol. The molecule has 0 aliphatic heterocycles. The minimum atomic E-state index is -0.389. The smallest absolute Gasteiger partial charge is 0.200 e. The van der Waals surface area contributed by atoms with Gasteiger partial charge in [0.05, 0.1) is 6.42 Å². The summed E-state index contributed by atoms with van der Waals surface area (Å²) in [6, 6.07) is 10.2. The van der Waals surface area contributed by atoms with Crippen molar-refractivity contribution in [1.29, 1.82) is 0 Å². The summed E-state index contributed by atoms with van der Waals surface area (Å²) in [6.45, 7) is 0. The number of rotatable bonds is 3. The van der Waals surface area contributed by atoms with Crippen LogP contribution in [0.5, 0.6) is 0 Å². The maximum Gasteiger partial charge on any atom is 0.200 e. The van der Waals surface area contributed by atoms with Crippen LogP contribution in [0.4, 0.5) is 4.39 Å². The van der Waals surface area contributed by atoms with Gasteiger partial charge < -0.3 is 5.21 Å². The van der Waals surface area contributed by atoms with Crippen LogP contribution in [0.15, 0.2) is 48.7 Å². The molecule has 1 aromatic carbocycles. The Labute approximate surface area is 97.7 Å². The third kappa shape index (κ3) is 2.66. The molecule has 0 aliphatic rings. The van der Waals surface area contributed by atoms with Gasteiger partial charge in [0.1, 0.15) is 5.82 Å². The number of Topliss-reactive ketones (excluding diaryl/α,β-unsaturated/α-hetero) is 1. The number of ketones is 1. The molecular weight excluding hydrogens is 221 g/mol. The van der Waals surface area contributed by atoms with Gasteiger partial charge in [-0.25, -0.2) is 4.39 Å². The molecule has 3 nitrogen and oxygen atoms in total. The number of halogens is 1. The molecule has 0 spiro atoms. The van der Waals surface area contributed by atoms with Gasteiger partial charge in [0.25, 0.3) is 0 Å². The topological polar surface area (TPSA) is 44.0 Å². The first-order chi connectivity index (χ1) is 8.16. The summed E-state index contributed by atoms with van der Waals surface area (Å²) in [6.07, 6.45) is 1.35. The molecule has 2 rings (SSSR count). The summed E-state index contributed by atoms with van der Waals surface area (Å²) in [5, 5.41) is 11.3. The van der Waals surface area contributed by atoms with Crippen LogP contribution in [0.3, 0.4) is 0 Å². The van der Waals surface area contributed by atoms with Crippen molar-refractivity contribution in [2.45, 2.75) is 6.42 Å². The second-order valence-corrected chi connectivity index (χ2v) is 3.62. The van der Waals surface area contributed by atoms with Crippen LogP contribution in [0.25, 0.3) is 0 Å². The molecule has 1 heterocycles. The summed E-state index contributed by atoms with van der Waals surface area (Å²) >= 11 is 0. The largest absolute Gasteiger partial charge is 0.618 e. The van der Waals surface area contributed by atoms with Crippen molar-refractivity contribution < 1.29 is 13.9 Å². The van der Waals surface area contributed by atoms with Gasteiger partial charge in [0.2, 0.25) is 5.69 Å². The Morgan fingerprint density at radius 3 is 2.53 bits per heavy atom. The van der Waals surface area contributed by atoms with E-state index in [1.54, 1.807) is 18.2 Å². The minimum absolute atomic E-state index is 0.00989. The van der Waals surface area contributed by atoms with Crippen LogP contribution in [0.2, 0.25) is 0 Å². The lowest BCUT2D eigenvalue weighted by atomic mass is 10.1. The number of hydrogen-bond donors (Lipinski definition) is 0. The first-order valence-corrected chi connectivity index (χ1v) is 5.12. The van der Waals surface area contributed by atoms with Crippen LogP contribution >= 0.6 is 0 Å². The Hall–Kier alpha value is -2.23. The number of benzene rings is 1. The average Bonchev–Trinajstić information content (AvgIpc) is 2.33. The maximum atomic E-state index is 12.7. The molecule has 4 heteroatoms. The van der Waals surface area contributed by atoms with Crippen molar-refractivity contribution in [2.24, 2.45) is 0 Å². The van der Waals surface area contributed by atoms with Gasteiger partial charge in [0, 0.05) is 17.7 Å². The van der Waals surface area contributed by atoms with E-state index in [0.29, 0.717) is 16.0 Å². The van der Waals surface area contributed by atoms with Crippen molar-refractivity contribution in [3.63, 3.8) is 0 Å². The summed E-state index contributed by atoms with van der Waals surface area (Å²) in [5.41, 5.74) is 0.775. The number of aromatic nitrogens is 1. The van der Waals surface area contributed by atoms with Gasteiger partial charge >= 0.3 is 0 Å². The molecule has 0 radical (unpaired) electrons. The van der Waals surface area contributed by atoms with E-state index in [9.17, 15) is 14.4 Å². The van der Waals surface area contributed by atoms with Gasteiger partial charge in [-0.15, -0.1) is 0 Å². The highest BCUT2D eigenvalue weighted by atomic mass is 19.1. The Kier molecular flexibility index (Phi) is 3.14. The van der Waals surface area contributed by atoms with E-state index in [-0.39, 0.29) is 18.0 Å². The molecule has 0 fully saturated rings. The molecule has 0 N–H and O–H groups in total. The van der Waals surface area contributed by atoms with Gasteiger partial charge in [-0.1, -0.05) is 0 Å². The molecule has 2 aromatic rings. The molecule has 17 heavy (non-hydrogen) atoms. The third-order valence-corrected chi connectivity index (χ3v) is 2.41. The van der Waals surface area contributed by atoms with Gasteiger partial charge in [-0.2, -0.15) is 4.73 Å². The van der Waals surface area contributed by atoms with Crippen molar-refractivity contribution in [2.75, 3.05) is 0 Å². The molecule has 0 amide bonds. The molecule has 0 aliphatic carbocycles. The summed E-state index contributed by atoms with van der Waals surface area (Å²) in [7, 11) is 0. The number of pyridine rings is 1. The second-order valence-electron chi connectivity index (χ2n) is 3.62. The standard InChI is InChI=1S/C13H10FNO2/c14-11-6-4-10(5-7-11)13(16)9-12-3-1-2-8-15(12)17/h1-8H,9H2. The van der Waals surface area contributed by atoms with Crippen LogP contribution < -0.4 is 4.73 Å². The van der Waals surface area contributed by atoms with E-state index in [2.05, 4.69) is 0 Å². The zero-order valence-electron chi connectivity index (χ0n) is 8.97. The lowest BCUT2D eigenvalue weighted by Crippen LogP contribution is -2.32. The van der Waals surface area contributed by atoms with Crippen LogP contribution in [-0.4, -0.2) is 5.78 Å². The van der Waals surface area contributed by atoms with Crippen LogP contribution in [0, 0.1) is 11.0 Å². The zero-order valence-corrected chi connectivity index (χ0v) is 8.97. The van der Waals surface area contributed by atoms with E-state index in [1.807, 2.05) is 0 Å². The SMILES string of the molecule is O=C(Cc1cccc[n+]1[O-])c1ccc(F)cc1. The first kappa shape index (κ1) is 11.3. The predicted molar refractivity (Wildman–Crippen MR) is 59.8 cm³/mol. The Morgan fingerprint density at radius 1 is 1.18 bits per heavy atom. The lowest BCUT2D eigenvalue weighted by Gasteiger charge is -2.03. The normalized spacial score (nSPS) is 10.2. The Bertz CT molecular complexity index is 537. The van der Waals surface area contributed by atoms with Gasteiger partial charge in [0.15, 0.2) is 12.0 Å². The molecular formula is C13H10FNO2. The van der Waals surface area contributed by atoms with Crippen molar-refractivity contribution in [3.05, 3.63) is 70.9 Å². The maximum absolute atomic E-state index is 12.7. The predicted octanol–water partition coefficient (Wildman–Crippen LogP) is 1.88. The fraction of sp³-hybridized carbons (Fsp3) is 0.0769.